The number of aryl methyl sites for hydroxylation is 2. The molecule has 4 aromatic carbocycles. The minimum atomic E-state index is -5.49. The molecule has 0 spiro atoms. The molecule has 0 amide bonds. The maximum absolute atomic E-state index is 14.6. The Morgan fingerprint density at radius 1 is 0.389 bits per heavy atom. The van der Waals surface area contributed by atoms with E-state index in [0.717, 1.165) is 6.92 Å². The summed E-state index contributed by atoms with van der Waals surface area (Å²) in [5.41, 5.74) is -6.41. The number of hydrogen-bond donors (Lipinski definition) is 0. The van der Waals surface area contributed by atoms with E-state index in [-0.39, 0.29) is 36.1 Å². The smallest absolute Gasteiger partial charge is 0.429 e. The summed E-state index contributed by atoms with van der Waals surface area (Å²) >= 11 is 0. The van der Waals surface area contributed by atoms with Crippen LogP contribution in [-0.4, -0.2) is 0 Å². The van der Waals surface area contributed by atoms with Crippen molar-refractivity contribution in [2.75, 3.05) is 0 Å². The zero-order valence-corrected chi connectivity index (χ0v) is 28.0. The third-order valence-corrected chi connectivity index (χ3v) is 8.26. The third-order valence-electron chi connectivity index (χ3n) is 8.26. The highest BCUT2D eigenvalue weighted by Crippen LogP contribution is 2.40. The molecule has 0 saturated carbocycles. The van der Waals surface area contributed by atoms with Crippen LogP contribution in [0.25, 0.3) is 0 Å². The van der Waals surface area contributed by atoms with Gasteiger partial charge in [-0.25, -0.2) is 35.1 Å². The standard InChI is InChI=1S/C37H29F15O2/c1-19-24(38)15-22(16-25(19)39)53-36(49,50)33-26(40)11-20(12-27(33)41)9-7-5-3-2-4-6-8-10-21-13-28(42)34(29(43)14-21)37(51,52)54-23-17-30(44)32(31(45)18-23)35(46,47)48/h11-18H,2-10H2,1H3. The quantitative estimate of drug-likeness (QED) is 0.0831. The van der Waals surface area contributed by atoms with Crippen molar-refractivity contribution in [1.82, 2.24) is 0 Å². The zero-order valence-electron chi connectivity index (χ0n) is 28.0. The van der Waals surface area contributed by atoms with Crippen molar-refractivity contribution >= 4 is 0 Å². The fourth-order valence-electron chi connectivity index (χ4n) is 5.60. The van der Waals surface area contributed by atoms with E-state index in [0.29, 0.717) is 81.3 Å². The van der Waals surface area contributed by atoms with E-state index in [1.54, 1.807) is 0 Å². The molecule has 0 aliphatic heterocycles. The van der Waals surface area contributed by atoms with Gasteiger partial charge >= 0.3 is 18.4 Å². The Kier molecular flexibility index (Phi) is 13.2. The Bertz CT molecular complexity index is 1860. The average Bonchev–Trinajstić information content (AvgIpc) is 3.00. The number of halogens is 15. The molecule has 0 aliphatic carbocycles. The Balaban J connectivity index is 1.21. The van der Waals surface area contributed by atoms with Crippen LogP contribution in [0.4, 0.5) is 65.9 Å². The summed E-state index contributed by atoms with van der Waals surface area (Å²) < 4.78 is 218. The third kappa shape index (κ3) is 10.3. The van der Waals surface area contributed by atoms with Crippen LogP contribution in [-0.2, 0) is 31.2 Å². The van der Waals surface area contributed by atoms with Crippen LogP contribution in [0, 0.1) is 53.5 Å². The highest BCUT2D eigenvalue weighted by molar-refractivity contribution is 5.35. The van der Waals surface area contributed by atoms with Gasteiger partial charge in [0.15, 0.2) is 0 Å². The van der Waals surface area contributed by atoms with Gasteiger partial charge in [-0.1, -0.05) is 32.1 Å². The average molecular weight is 791 g/mol. The summed E-state index contributed by atoms with van der Waals surface area (Å²) in [6.07, 6.45) is -10.9. The number of rotatable bonds is 16. The van der Waals surface area contributed by atoms with Gasteiger partial charge in [0.25, 0.3) is 0 Å². The van der Waals surface area contributed by atoms with E-state index in [4.69, 9.17) is 0 Å². The fraction of sp³-hybridized carbons (Fsp3) is 0.351. The van der Waals surface area contributed by atoms with Crippen LogP contribution < -0.4 is 9.47 Å². The predicted octanol–water partition coefficient (Wildman–Crippen LogP) is 12.9. The van der Waals surface area contributed by atoms with Crippen molar-refractivity contribution in [3.63, 3.8) is 0 Å². The summed E-state index contributed by atoms with van der Waals surface area (Å²) in [4.78, 5) is 0. The van der Waals surface area contributed by atoms with Gasteiger partial charge in [-0.15, -0.1) is 0 Å². The molecule has 0 aliphatic rings. The van der Waals surface area contributed by atoms with Gasteiger partial charge < -0.3 is 9.47 Å². The lowest BCUT2D eigenvalue weighted by Crippen LogP contribution is -2.26. The first kappa shape index (κ1) is 42.2. The lowest BCUT2D eigenvalue weighted by atomic mass is 10.0. The lowest BCUT2D eigenvalue weighted by molar-refractivity contribution is -0.190. The molecule has 0 unspecified atom stereocenters. The lowest BCUT2D eigenvalue weighted by Gasteiger charge is -2.20. The molecule has 0 heterocycles. The molecule has 54 heavy (non-hydrogen) atoms. The highest BCUT2D eigenvalue weighted by atomic mass is 19.4. The van der Waals surface area contributed by atoms with E-state index in [9.17, 15) is 65.9 Å². The van der Waals surface area contributed by atoms with Gasteiger partial charge in [-0.05, 0) is 68.0 Å². The highest BCUT2D eigenvalue weighted by Gasteiger charge is 2.44. The van der Waals surface area contributed by atoms with Crippen LogP contribution >= 0.6 is 0 Å². The van der Waals surface area contributed by atoms with Crippen molar-refractivity contribution in [2.24, 2.45) is 0 Å². The minimum Gasteiger partial charge on any atom is -0.429 e. The molecular formula is C37H29F15O2. The second-order valence-electron chi connectivity index (χ2n) is 12.4. The van der Waals surface area contributed by atoms with E-state index in [1.165, 1.54) is 0 Å². The first-order chi connectivity index (χ1) is 25.1. The molecule has 0 saturated heterocycles. The minimum absolute atomic E-state index is 0.0103. The van der Waals surface area contributed by atoms with Gasteiger partial charge in [0.2, 0.25) is 0 Å². The van der Waals surface area contributed by atoms with E-state index >= 15 is 0 Å². The zero-order chi connectivity index (χ0) is 40.2. The number of unbranched alkanes of at least 4 members (excludes halogenated alkanes) is 6. The molecule has 2 nitrogen and oxygen atoms in total. The van der Waals surface area contributed by atoms with Crippen molar-refractivity contribution in [3.8, 4) is 11.5 Å². The normalized spacial score (nSPS) is 12.4. The molecule has 4 aromatic rings. The fourth-order valence-corrected chi connectivity index (χ4v) is 5.60. The largest absolute Gasteiger partial charge is 0.432 e. The molecule has 0 aromatic heterocycles. The van der Waals surface area contributed by atoms with Gasteiger partial charge in [-0.3, -0.25) is 0 Å². The molecule has 0 radical (unpaired) electrons. The molecule has 294 valence electrons. The van der Waals surface area contributed by atoms with Crippen LogP contribution in [0.5, 0.6) is 11.5 Å². The van der Waals surface area contributed by atoms with Gasteiger partial charge in [0.1, 0.15) is 74.7 Å². The predicted molar refractivity (Wildman–Crippen MR) is 164 cm³/mol. The second kappa shape index (κ2) is 16.8. The SMILES string of the molecule is Cc1c(F)cc(OC(F)(F)c2c(F)cc(CCCCCCCCCc3cc(F)c(C(F)(F)Oc4cc(F)c(C(F)(F)F)c(F)c4)c(F)c3)cc2F)cc1F. The maximum Gasteiger partial charge on any atom is 0.432 e. The summed E-state index contributed by atoms with van der Waals surface area (Å²) in [7, 11) is 0. The molecule has 17 heteroatoms. The van der Waals surface area contributed by atoms with Gasteiger partial charge in [0, 0.05) is 29.8 Å². The van der Waals surface area contributed by atoms with Crippen LogP contribution in [0.15, 0.2) is 48.5 Å². The molecule has 0 atom stereocenters. The second-order valence-corrected chi connectivity index (χ2v) is 12.4. The topological polar surface area (TPSA) is 18.5 Å². The summed E-state index contributed by atoms with van der Waals surface area (Å²) in [5.74, 6) is -16.1. The molecular weight excluding hydrogens is 761 g/mol. The molecule has 4 rings (SSSR count). The summed E-state index contributed by atoms with van der Waals surface area (Å²) in [6.45, 7) is 1.06. The van der Waals surface area contributed by atoms with Gasteiger partial charge in [0.05, 0.1) is 0 Å². The first-order valence-electron chi connectivity index (χ1n) is 16.2. The Hall–Kier alpha value is -4.57. The van der Waals surface area contributed by atoms with Crippen molar-refractivity contribution in [1.29, 1.82) is 0 Å². The van der Waals surface area contributed by atoms with Crippen LogP contribution in [0.1, 0.15) is 78.3 Å². The molecule has 0 fully saturated rings. The van der Waals surface area contributed by atoms with Gasteiger partial charge in [-0.2, -0.15) is 30.7 Å². The number of benzene rings is 4. The van der Waals surface area contributed by atoms with Crippen molar-refractivity contribution in [3.05, 3.63) is 128 Å². The number of alkyl halides is 7. The van der Waals surface area contributed by atoms with E-state index in [1.807, 2.05) is 0 Å². The number of hydrogen-bond acceptors (Lipinski definition) is 2. The van der Waals surface area contributed by atoms with Crippen LogP contribution in [0.2, 0.25) is 0 Å². The molecule has 0 N–H and O–H groups in total. The van der Waals surface area contributed by atoms with Crippen molar-refractivity contribution in [2.45, 2.75) is 83.1 Å². The first-order valence-corrected chi connectivity index (χ1v) is 16.2. The monoisotopic (exact) mass is 790 g/mol. The van der Waals surface area contributed by atoms with E-state index in [2.05, 4.69) is 9.47 Å². The van der Waals surface area contributed by atoms with Crippen LogP contribution in [0.3, 0.4) is 0 Å². The van der Waals surface area contributed by atoms with Crippen molar-refractivity contribution < 1.29 is 75.3 Å². The molecule has 0 bridgehead atoms. The Morgan fingerprint density at radius 3 is 0.981 bits per heavy atom. The summed E-state index contributed by atoms with van der Waals surface area (Å²) in [5, 5.41) is 0. The van der Waals surface area contributed by atoms with E-state index < -0.39 is 98.7 Å². The Labute approximate surface area is 298 Å². The maximum atomic E-state index is 14.6. The summed E-state index contributed by atoms with van der Waals surface area (Å²) in [6, 6.07) is 3.14. The number of ether oxygens (including phenoxy) is 2. The Morgan fingerprint density at radius 2 is 0.667 bits per heavy atom.